The third-order valence-electron chi connectivity index (χ3n) is 3.51. The molecule has 0 radical (unpaired) electrons. The number of benzene rings is 1. The van der Waals surface area contributed by atoms with Crippen molar-refractivity contribution in [3.05, 3.63) is 29.3 Å². The Morgan fingerprint density at radius 1 is 1.38 bits per heavy atom. The van der Waals surface area contributed by atoms with Crippen molar-refractivity contribution in [3.63, 3.8) is 0 Å². The highest BCUT2D eigenvalue weighted by atomic mass is 32.1. The summed E-state index contributed by atoms with van der Waals surface area (Å²) in [4.78, 5) is 29.9. The minimum Gasteiger partial charge on any atom is -0.354 e. The van der Waals surface area contributed by atoms with E-state index in [0.29, 0.717) is 25.9 Å². The molecule has 6 heteroatoms. The van der Waals surface area contributed by atoms with Crippen LogP contribution in [-0.4, -0.2) is 41.3 Å². The number of carbonyl (C=O) groups excluding carboxylic acids is 2. The maximum Gasteiger partial charge on any atom is 0.239 e. The van der Waals surface area contributed by atoms with Gasteiger partial charge in [-0.1, -0.05) is 12.1 Å². The van der Waals surface area contributed by atoms with Crippen LogP contribution in [0.4, 0.5) is 0 Å². The molecule has 0 spiro atoms. The summed E-state index contributed by atoms with van der Waals surface area (Å²) < 4.78 is 1.15. The molecule has 0 bridgehead atoms. The highest BCUT2D eigenvalue weighted by Crippen LogP contribution is 2.22. The van der Waals surface area contributed by atoms with E-state index in [0.717, 1.165) is 21.6 Å². The third kappa shape index (κ3) is 3.39. The van der Waals surface area contributed by atoms with E-state index in [2.05, 4.69) is 10.3 Å². The van der Waals surface area contributed by atoms with Crippen LogP contribution in [0.3, 0.4) is 0 Å². The molecule has 0 atom stereocenters. The number of amides is 2. The third-order valence-corrected chi connectivity index (χ3v) is 4.60. The largest absolute Gasteiger partial charge is 0.354 e. The fourth-order valence-electron chi connectivity index (χ4n) is 2.42. The summed E-state index contributed by atoms with van der Waals surface area (Å²) in [6, 6.07) is 7.98. The van der Waals surface area contributed by atoms with Crippen molar-refractivity contribution in [1.29, 1.82) is 0 Å². The smallest absolute Gasteiger partial charge is 0.239 e. The number of carbonyl (C=O) groups is 2. The number of fused-ring (bicyclic) bond motifs is 1. The highest BCUT2D eigenvalue weighted by Gasteiger charge is 2.19. The lowest BCUT2D eigenvalue weighted by Gasteiger charge is -2.18. The second kappa shape index (κ2) is 6.22. The van der Waals surface area contributed by atoms with Crippen LogP contribution in [0.25, 0.3) is 10.2 Å². The van der Waals surface area contributed by atoms with Crippen LogP contribution >= 0.6 is 11.3 Å². The fourth-order valence-corrected chi connectivity index (χ4v) is 3.38. The molecule has 1 aromatic carbocycles. The van der Waals surface area contributed by atoms with Crippen molar-refractivity contribution in [2.75, 3.05) is 19.6 Å². The molecule has 1 aliphatic heterocycles. The zero-order valence-corrected chi connectivity index (χ0v) is 12.5. The van der Waals surface area contributed by atoms with E-state index < -0.39 is 0 Å². The molecular formula is C15H17N3O2S. The number of thiazole rings is 1. The molecular weight excluding hydrogens is 286 g/mol. The number of aromatic nitrogens is 1. The summed E-state index contributed by atoms with van der Waals surface area (Å²) in [6.07, 6.45) is 1.86. The zero-order valence-electron chi connectivity index (χ0n) is 11.7. The van der Waals surface area contributed by atoms with Gasteiger partial charge in [-0.05, 0) is 18.6 Å². The molecule has 2 aromatic rings. The summed E-state index contributed by atoms with van der Waals surface area (Å²) >= 11 is 1.63. The molecule has 0 unspecified atom stereocenters. The number of nitrogens with one attached hydrogen (secondary N) is 1. The standard InChI is InChI=1S/C15H17N3O2S/c19-13-10-18(9-3-8-16-13)15(20)7-6-14-17-11-4-1-2-5-12(11)21-14/h1-2,4-5H,3,6-10H2,(H,16,19). The number of para-hydroxylation sites is 1. The van der Waals surface area contributed by atoms with Gasteiger partial charge in [-0.3, -0.25) is 9.59 Å². The Morgan fingerprint density at radius 3 is 3.10 bits per heavy atom. The van der Waals surface area contributed by atoms with Gasteiger partial charge in [-0.15, -0.1) is 11.3 Å². The molecule has 21 heavy (non-hydrogen) atoms. The van der Waals surface area contributed by atoms with Gasteiger partial charge in [0.25, 0.3) is 0 Å². The molecule has 2 heterocycles. The molecule has 2 amide bonds. The van der Waals surface area contributed by atoms with Crippen LogP contribution < -0.4 is 5.32 Å². The minimum atomic E-state index is -0.0687. The lowest BCUT2D eigenvalue weighted by Crippen LogP contribution is -2.37. The van der Waals surface area contributed by atoms with Crippen molar-refractivity contribution < 1.29 is 9.59 Å². The van der Waals surface area contributed by atoms with E-state index in [1.54, 1.807) is 16.2 Å². The van der Waals surface area contributed by atoms with E-state index in [1.165, 1.54) is 0 Å². The zero-order chi connectivity index (χ0) is 14.7. The average Bonchev–Trinajstić information content (AvgIpc) is 2.78. The van der Waals surface area contributed by atoms with Crippen LogP contribution in [0.15, 0.2) is 24.3 Å². The monoisotopic (exact) mass is 303 g/mol. The van der Waals surface area contributed by atoms with Gasteiger partial charge in [-0.2, -0.15) is 0 Å². The Hall–Kier alpha value is -1.95. The number of hydrogen-bond donors (Lipinski definition) is 1. The average molecular weight is 303 g/mol. The second-order valence-corrected chi connectivity index (χ2v) is 6.21. The van der Waals surface area contributed by atoms with Gasteiger partial charge in [-0.25, -0.2) is 4.98 Å². The first-order chi connectivity index (χ1) is 10.2. The first-order valence-electron chi connectivity index (χ1n) is 7.11. The Kier molecular flexibility index (Phi) is 4.15. The van der Waals surface area contributed by atoms with Gasteiger partial charge >= 0.3 is 0 Å². The van der Waals surface area contributed by atoms with Gasteiger partial charge in [0.15, 0.2) is 0 Å². The molecule has 3 rings (SSSR count). The molecule has 5 nitrogen and oxygen atoms in total. The maximum absolute atomic E-state index is 12.2. The van der Waals surface area contributed by atoms with Crippen molar-refractivity contribution in [1.82, 2.24) is 15.2 Å². The van der Waals surface area contributed by atoms with E-state index in [-0.39, 0.29) is 18.4 Å². The summed E-state index contributed by atoms with van der Waals surface area (Å²) in [5.41, 5.74) is 0.985. The molecule has 1 saturated heterocycles. The molecule has 1 aromatic heterocycles. The quantitative estimate of drug-likeness (QED) is 0.936. The summed E-state index contributed by atoms with van der Waals surface area (Å²) in [5, 5.41) is 3.75. The summed E-state index contributed by atoms with van der Waals surface area (Å²) in [6.45, 7) is 1.48. The molecule has 110 valence electrons. The Morgan fingerprint density at radius 2 is 2.24 bits per heavy atom. The van der Waals surface area contributed by atoms with Gasteiger partial charge in [0.2, 0.25) is 11.8 Å². The van der Waals surface area contributed by atoms with Crippen LogP contribution in [0.1, 0.15) is 17.8 Å². The normalized spacial score (nSPS) is 15.8. The molecule has 0 aliphatic carbocycles. The van der Waals surface area contributed by atoms with E-state index in [1.807, 2.05) is 24.3 Å². The minimum absolute atomic E-state index is 0.0336. The molecule has 1 aliphatic rings. The van der Waals surface area contributed by atoms with Crippen molar-refractivity contribution >= 4 is 33.4 Å². The molecule has 0 saturated carbocycles. The van der Waals surface area contributed by atoms with Crippen LogP contribution in [0.5, 0.6) is 0 Å². The van der Waals surface area contributed by atoms with E-state index in [4.69, 9.17) is 0 Å². The fraction of sp³-hybridized carbons (Fsp3) is 0.400. The number of rotatable bonds is 3. The molecule has 1 fully saturated rings. The first kappa shape index (κ1) is 14.0. The maximum atomic E-state index is 12.2. The topological polar surface area (TPSA) is 62.3 Å². The SMILES string of the molecule is O=C1CN(C(=O)CCc2nc3ccccc3s2)CCCN1. The van der Waals surface area contributed by atoms with E-state index >= 15 is 0 Å². The predicted octanol–water partition coefficient (Wildman–Crippen LogP) is 1.58. The molecule has 1 N–H and O–H groups in total. The van der Waals surface area contributed by atoms with Gasteiger partial charge in [0, 0.05) is 25.9 Å². The van der Waals surface area contributed by atoms with Gasteiger partial charge < -0.3 is 10.2 Å². The summed E-state index contributed by atoms with van der Waals surface area (Å²) in [5.74, 6) is -0.0351. The first-order valence-corrected chi connectivity index (χ1v) is 7.93. The lowest BCUT2D eigenvalue weighted by atomic mass is 10.2. The van der Waals surface area contributed by atoms with Gasteiger partial charge in [0.05, 0.1) is 21.8 Å². The van der Waals surface area contributed by atoms with E-state index in [9.17, 15) is 9.59 Å². The highest BCUT2D eigenvalue weighted by molar-refractivity contribution is 7.18. The van der Waals surface area contributed by atoms with Crippen LogP contribution in [0, 0.1) is 0 Å². The lowest BCUT2D eigenvalue weighted by molar-refractivity contribution is -0.135. The second-order valence-electron chi connectivity index (χ2n) is 5.09. The van der Waals surface area contributed by atoms with Crippen molar-refractivity contribution in [2.24, 2.45) is 0 Å². The van der Waals surface area contributed by atoms with Crippen LogP contribution in [-0.2, 0) is 16.0 Å². The number of hydrogen-bond acceptors (Lipinski definition) is 4. The van der Waals surface area contributed by atoms with Gasteiger partial charge in [0.1, 0.15) is 0 Å². The Labute approximate surface area is 127 Å². The number of aryl methyl sites for hydroxylation is 1. The van der Waals surface area contributed by atoms with Crippen LogP contribution in [0.2, 0.25) is 0 Å². The summed E-state index contributed by atoms with van der Waals surface area (Å²) in [7, 11) is 0. The Balaban J connectivity index is 1.61. The Bertz CT molecular complexity index is 635. The van der Waals surface area contributed by atoms with Crippen molar-refractivity contribution in [3.8, 4) is 0 Å². The predicted molar refractivity (Wildman–Crippen MR) is 82.1 cm³/mol. The van der Waals surface area contributed by atoms with Crippen molar-refractivity contribution in [2.45, 2.75) is 19.3 Å². The number of nitrogens with zero attached hydrogens (tertiary/aromatic N) is 2.